The molecule has 0 aliphatic rings. The number of aliphatic hydroxyl groups is 1. The van der Waals surface area contributed by atoms with Crippen molar-refractivity contribution in [2.24, 2.45) is 0 Å². The molecular formula is C12H14O2. The van der Waals surface area contributed by atoms with Crippen LogP contribution in [0.3, 0.4) is 0 Å². The fourth-order valence-corrected chi connectivity index (χ4v) is 1.15. The highest BCUT2D eigenvalue weighted by atomic mass is 16.5. The summed E-state index contributed by atoms with van der Waals surface area (Å²) in [4.78, 5) is 0. The molecule has 0 saturated carbocycles. The standard InChI is InChI=1S/C12H14O2/c1-3-9-14-11-7-5-10(6-8-11)12(13)4-2/h1,5-8,12-13H,4,9H2,2H3/t12-/m0/s1. The molecule has 74 valence electrons. The SMILES string of the molecule is C#CCOc1ccc([C@@H](O)CC)cc1. The number of benzene rings is 1. The Labute approximate surface area is 84.5 Å². The molecule has 1 aromatic carbocycles. The second kappa shape index (κ2) is 5.31. The summed E-state index contributed by atoms with van der Waals surface area (Å²) in [6.07, 6.45) is 5.38. The topological polar surface area (TPSA) is 29.5 Å². The summed E-state index contributed by atoms with van der Waals surface area (Å²) in [5.41, 5.74) is 0.903. The van der Waals surface area contributed by atoms with Gasteiger partial charge in [0.05, 0.1) is 6.10 Å². The van der Waals surface area contributed by atoms with Crippen LogP contribution in [0.15, 0.2) is 24.3 Å². The molecule has 0 radical (unpaired) electrons. The molecule has 0 unspecified atom stereocenters. The van der Waals surface area contributed by atoms with E-state index in [1.807, 2.05) is 31.2 Å². The molecule has 0 bridgehead atoms. The molecule has 2 nitrogen and oxygen atoms in total. The minimum atomic E-state index is -0.392. The van der Waals surface area contributed by atoms with Crippen molar-refractivity contribution in [1.82, 2.24) is 0 Å². The molecule has 1 rings (SSSR count). The van der Waals surface area contributed by atoms with E-state index in [2.05, 4.69) is 5.92 Å². The van der Waals surface area contributed by atoms with Crippen LogP contribution in [0.25, 0.3) is 0 Å². The summed E-state index contributed by atoms with van der Waals surface area (Å²) in [5.74, 6) is 3.12. The number of hydrogen-bond donors (Lipinski definition) is 1. The van der Waals surface area contributed by atoms with Crippen molar-refractivity contribution in [3.8, 4) is 18.1 Å². The first-order valence-corrected chi connectivity index (χ1v) is 4.62. The molecule has 1 aromatic rings. The number of terminal acetylenes is 1. The Morgan fingerprint density at radius 2 is 2.07 bits per heavy atom. The molecule has 14 heavy (non-hydrogen) atoms. The number of rotatable bonds is 4. The zero-order chi connectivity index (χ0) is 10.4. The normalized spacial score (nSPS) is 11.8. The predicted molar refractivity (Wildman–Crippen MR) is 56.0 cm³/mol. The molecule has 1 atom stereocenters. The molecule has 0 saturated heterocycles. The van der Waals surface area contributed by atoms with Crippen molar-refractivity contribution >= 4 is 0 Å². The Balaban J connectivity index is 2.64. The van der Waals surface area contributed by atoms with E-state index in [0.29, 0.717) is 6.42 Å². The quantitative estimate of drug-likeness (QED) is 0.737. The Morgan fingerprint density at radius 1 is 1.43 bits per heavy atom. The Hall–Kier alpha value is -1.46. The molecule has 0 spiro atoms. The first kappa shape index (κ1) is 10.6. The average molecular weight is 190 g/mol. The van der Waals surface area contributed by atoms with Crippen LogP contribution in [-0.2, 0) is 0 Å². The minimum Gasteiger partial charge on any atom is -0.481 e. The van der Waals surface area contributed by atoms with Crippen molar-refractivity contribution in [2.45, 2.75) is 19.4 Å². The van der Waals surface area contributed by atoms with E-state index in [1.54, 1.807) is 0 Å². The third kappa shape index (κ3) is 2.79. The highest BCUT2D eigenvalue weighted by Gasteiger charge is 2.03. The summed E-state index contributed by atoms with van der Waals surface area (Å²) in [7, 11) is 0. The van der Waals surface area contributed by atoms with Crippen LogP contribution in [-0.4, -0.2) is 11.7 Å². The summed E-state index contributed by atoms with van der Waals surface area (Å²) in [6.45, 7) is 2.21. The smallest absolute Gasteiger partial charge is 0.148 e. The van der Waals surface area contributed by atoms with Gasteiger partial charge in [-0.05, 0) is 24.1 Å². The maximum absolute atomic E-state index is 9.52. The van der Waals surface area contributed by atoms with Gasteiger partial charge in [-0.3, -0.25) is 0 Å². The molecule has 0 aromatic heterocycles. The molecule has 0 aliphatic heterocycles. The van der Waals surface area contributed by atoms with Gasteiger partial charge in [0.1, 0.15) is 12.4 Å². The van der Waals surface area contributed by atoms with Crippen LogP contribution in [0.2, 0.25) is 0 Å². The molecule has 0 aliphatic carbocycles. The van der Waals surface area contributed by atoms with Gasteiger partial charge in [0.2, 0.25) is 0 Å². The zero-order valence-corrected chi connectivity index (χ0v) is 8.23. The van der Waals surface area contributed by atoms with Gasteiger partial charge in [0, 0.05) is 0 Å². The van der Waals surface area contributed by atoms with Gasteiger partial charge in [-0.15, -0.1) is 6.42 Å². The fourth-order valence-electron chi connectivity index (χ4n) is 1.15. The number of ether oxygens (including phenoxy) is 1. The van der Waals surface area contributed by atoms with Crippen LogP contribution in [0.5, 0.6) is 5.75 Å². The molecule has 2 heteroatoms. The van der Waals surface area contributed by atoms with Gasteiger partial charge < -0.3 is 9.84 Å². The lowest BCUT2D eigenvalue weighted by Gasteiger charge is -2.08. The van der Waals surface area contributed by atoms with Gasteiger partial charge in [0.25, 0.3) is 0 Å². The highest BCUT2D eigenvalue weighted by molar-refractivity contribution is 5.28. The number of aliphatic hydroxyl groups excluding tert-OH is 1. The molecule has 0 heterocycles. The highest BCUT2D eigenvalue weighted by Crippen LogP contribution is 2.19. The van der Waals surface area contributed by atoms with E-state index in [4.69, 9.17) is 11.2 Å². The van der Waals surface area contributed by atoms with Gasteiger partial charge in [-0.25, -0.2) is 0 Å². The molecule has 1 N–H and O–H groups in total. The van der Waals surface area contributed by atoms with Crippen LogP contribution in [0, 0.1) is 12.3 Å². The van der Waals surface area contributed by atoms with Crippen molar-refractivity contribution in [3.05, 3.63) is 29.8 Å². The van der Waals surface area contributed by atoms with Crippen molar-refractivity contribution in [1.29, 1.82) is 0 Å². The minimum absolute atomic E-state index is 0.273. The van der Waals surface area contributed by atoms with E-state index in [1.165, 1.54) is 0 Å². The predicted octanol–water partition coefficient (Wildman–Crippen LogP) is 2.14. The summed E-state index contributed by atoms with van der Waals surface area (Å²) in [6, 6.07) is 7.32. The molecular weight excluding hydrogens is 176 g/mol. The third-order valence-electron chi connectivity index (χ3n) is 1.97. The second-order valence-electron chi connectivity index (χ2n) is 2.99. The van der Waals surface area contributed by atoms with Crippen LogP contribution in [0.1, 0.15) is 25.0 Å². The van der Waals surface area contributed by atoms with Crippen molar-refractivity contribution in [3.63, 3.8) is 0 Å². The van der Waals surface area contributed by atoms with E-state index in [9.17, 15) is 5.11 Å². The van der Waals surface area contributed by atoms with Crippen LogP contribution in [0.4, 0.5) is 0 Å². The van der Waals surface area contributed by atoms with E-state index in [-0.39, 0.29) is 6.61 Å². The number of hydrogen-bond acceptors (Lipinski definition) is 2. The second-order valence-corrected chi connectivity index (χ2v) is 2.99. The summed E-state index contributed by atoms with van der Waals surface area (Å²) < 4.78 is 5.21. The fraction of sp³-hybridized carbons (Fsp3) is 0.333. The lowest BCUT2D eigenvalue weighted by atomic mass is 10.1. The Morgan fingerprint density at radius 3 is 2.57 bits per heavy atom. The lowest BCUT2D eigenvalue weighted by Crippen LogP contribution is -1.96. The monoisotopic (exact) mass is 190 g/mol. The largest absolute Gasteiger partial charge is 0.481 e. The van der Waals surface area contributed by atoms with Gasteiger partial charge >= 0.3 is 0 Å². The maximum Gasteiger partial charge on any atom is 0.148 e. The first-order chi connectivity index (χ1) is 6.77. The zero-order valence-electron chi connectivity index (χ0n) is 8.23. The van der Waals surface area contributed by atoms with Gasteiger partial charge in [-0.2, -0.15) is 0 Å². The Kier molecular flexibility index (Phi) is 4.03. The van der Waals surface area contributed by atoms with Gasteiger partial charge in [-0.1, -0.05) is 25.0 Å². The van der Waals surface area contributed by atoms with E-state index < -0.39 is 6.10 Å². The van der Waals surface area contributed by atoms with Gasteiger partial charge in [0.15, 0.2) is 0 Å². The molecule has 0 fully saturated rings. The van der Waals surface area contributed by atoms with E-state index in [0.717, 1.165) is 11.3 Å². The maximum atomic E-state index is 9.52. The third-order valence-corrected chi connectivity index (χ3v) is 1.97. The molecule has 0 amide bonds. The van der Waals surface area contributed by atoms with E-state index >= 15 is 0 Å². The summed E-state index contributed by atoms with van der Waals surface area (Å²) >= 11 is 0. The average Bonchev–Trinajstić information content (AvgIpc) is 2.26. The van der Waals surface area contributed by atoms with Crippen molar-refractivity contribution < 1.29 is 9.84 Å². The summed E-state index contributed by atoms with van der Waals surface area (Å²) in [5, 5.41) is 9.52. The first-order valence-electron chi connectivity index (χ1n) is 4.62. The lowest BCUT2D eigenvalue weighted by molar-refractivity contribution is 0.173. The van der Waals surface area contributed by atoms with Crippen LogP contribution < -0.4 is 4.74 Å². The Bertz CT molecular complexity index is 308. The van der Waals surface area contributed by atoms with Crippen LogP contribution >= 0.6 is 0 Å². The van der Waals surface area contributed by atoms with Crippen molar-refractivity contribution in [2.75, 3.05) is 6.61 Å².